The summed E-state index contributed by atoms with van der Waals surface area (Å²) >= 11 is 0. The average Bonchev–Trinajstić information content (AvgIpc) is 2.39. The maximum atomic E-state index is 11.8. The summed E-state index contributed by atoms with van der Waals surface area (Å²) in [6.45, 7) is 3.46. The van der Waals surface area contributed by atoms with Crippen molar-refractivity contribution in [2.45, 2.75) is 45.1 Å². The standard InChI is InChI=1S/C13H24N2O4/c1-2-8-15(10-12(16)17)13(18)14-7-6-11-5-3-4-9-19-11/h11H,2-10H2,1H3,(H,14,18)(H,16,17). The Morgan fingerprint density at radius 2 is 2.21 bits per heavy atom. The molecular formula is C13H24N2O4. The van der Waals surface area contributed by atoms with Gasteiger partial charge in [-0.3, -0.25) is 4.79 Å². The lowest BCUT2D eigenvalue weighted by atomic mass is 10.1. The smallest absolute Gasteiger partial charge is 0.323 e. The fourth-order valence-corrected chi connectivity index (χ4v) is 2.17. The number of ether oxygens (including phenoxy) is 1. The number of carbonyl (C=O) groups is 2. The Kier molecular flexibility index (Phi) is 7.25. The second-order valence-corrected chi connectivity index (χ2v) is 4.82. The van der Waals surface area contributed by atoms with E-state index in [1.165, 1.54) is 11.3 Å². The van der Waals surface area contributed by atoms with E-state index in [1.807, 2.05) is 6.92 Å². The highest BCUT2D eigenvalue weighted by Gasteiger charge is 2.17. The van der Waals surface area contributed by atoms with E-state index in [2.05, 4.69) is 5.32 Å². The molecule has 6 heteroatoms. The number of nitrogens with zero attached hydrogens (tertiary/aromatic N) is 1. The molecule has 2 N–H and O–H groups in total. The summed E-state index contributed by atoms with van der Waals surface area (Å²) in [5.74, 6) is -0.987. The molecule has 19 heavy (non-hydrogen) atoms. The van der Waals surface area contributed by atoms with Gasteiger partial charge in [-0.15, -0.1) is 0 Å². The van der Waals surface area contributed by atoms with E-state index in [0.29, 0.717) is 13.1 Å². The van der Waals surface area contributed by atoms with E-state index in [-0.39, 0.29) is 18.7 Å². The van der Waals surface area contributed by atoms with Gasteiger partial charge in [0, 0.05) is 19.7 Å². The van der Waals surface area contributed by atoms with Crippen LogP contribution < -0.4 is 5.32 Å². The zero-order valence-corrected chi connectivity index (χ0v) is 11.6. The number of carboxylic acid groups (broad SMARTS) is 1. The summed E-state index contributed by atoms with van der Waals surface area (Å²) in [5, 5.41) is 11.5. The molecule has 0 spiro atoms. The number of rotatable bonds is 7. The van der Waals surface area contributed by atoms with E-state index >= 15 is 0 Å². The van der Waals surface area contributed by atoms with Crippen LogP contribution in [-0.4, -0.2) is 54.4 Å². The summed E-state index contributed by atoms with van der Waals surface area (Å²) in [5.41, 5.74) is 0. The predicted molar refractivity (Wildman–Crippen MR) is 71.1 cm³/mol. The van der Waals surface area contributed by atoms with Crippen LogP contribution in [0.1, 0.15) is 39.0 Å². The molecule has 1 atom stereocenters. The summed E-state index contributed by atoms with van der Waals surface area (Å²) in [6.07, 6.45) is 5.10. The Hall–Kier alpha value is -1.30. The van der Waals surface area contributed by atoms with Gasteiger partial charge in [0.1, 0.15) is 6.54 Å². The van der Waals surface area contributed by atoms with Gasteiger partial charge in [-0.2, -0.15) is 0 Å². The summed E-state index contributed by atoms with van der Waals surface area (Å²) in [4.78, 5) is 23.8. The molecule has 0 bridgehead atoms. The first-order chi connectivity index (χ1) is 9.13. The van der Waals surface area contributed by atoms with Crippen LogP contribution in [0, 0.1) is 0 Å². The fraction of sp³-hybridized carbons (Fsp3) is 0.846. The minimum absolute atomic E-state index is 0.230. The maximum Gasteiger partial charge on any atom is 0.323 e. The monoisotopic (exact) mass is 272 g/mol. The quantitative estimate of drug-likeness (QED) is 0.735. The first kappa shape index (κ1) is 15.8. The minimum Gasteiger partial charge on any atom is -0.480 e. The van der Waals surface area contributed by atoms with Crippen LogP contribution in [0.25, 0.3) is 0 Å². The Labute approximate surface area is 114 Å². The maximum absolute atomic E-state index is 11.8. The first-order valence-electron chi connectivity index (χ1n) is 6.99. The molecule has 1 aliphatic heterocycles. The Balaban J connectivity index is 2.24. The summed E-state index contributed by atoms with van der Waals surface area (Å²) < 4.78 is 5.57. The van der Waals surface area contributed by atoms with Crippen molar-refractivity contribution in [1.82, 2.24) is 10.2 Å². The molecule has 0 aromatic rings. The second-order valence-electron chi connectivity index (χ2n) is 4.82. The number of aliphatic carboxylic acids is 1. The molecule has 0 aromatic heterocycles. The van der Waals surface area contributed by atoms with Gasteiger partial charge in [0.25, 0.3) is 0 Å². The highest BCUT2D eigenvalue weighted by atomic mass is 16.5. The third-order valence-corrected chi connectivity index (χ3v) is 3.12. The number of nitrogens with one attached hydrogen (secondary N) is 1. The van der Waals surface area contributed by atoms with Crippen molar-refractivity contribution >= 4 is 12.0 Å². The number of carbonyl (C=O) groups excluding carboxylic acids is 1. The highest BCUT2D eigenvalue weighted by Crippen LogP contribution is 2.14. The third kappa shape index (κ3) is 6.42. The van der Waals surface area contributed by atoms with E-state index in [0.717, 1.165) is 32.3 Å². The molecule has 1 heterocycles. The zero-order valence-electron chi connectivity index (χ0n) is 11.6. The van der Waals surface area contributed by atoms with Gasteiger partial charge in [0.2, 0.25) is 0 Å². The summed E-state index contributed by atoms with van der Waals surface area (Å²) in [6, 6.07) is -0.306. The molecule has 6 nitrogen and oxygen atoms in total. The summed E-state index contributed by atoms with van der Waals surface area (Å²) in [7, 11) is 0. The number of amides is 2. The van der Waals surface area contributed by atoms with Gasteiger partial charge < -0.3 is 20.1 Å². The molecule has 0 radical (unpaired) electrons. The van der Waals surface area contributed by atoms with Crippen molar-refractivity contribution in [3.63, 3.8) is 0 Å². The number of urea groups is 1. The molecule has 1 aliphatic rings. The molecule has 1 rings (SSSR count). The van der Waals surface area contributed by atoms with Gasteiger partial charge in [0.05, 0.1) is 6.10 Å². The van der Waals surface area contributed by atoms with Gasteiger partial charge in [0.15, 0.2) is 0 Å². The molecular weight excluding hydrogens is 248 g/mol. The van der Waals surface area contributed by atoms with E-state index in [9.17, 15) is 9.59 Å². The lowest BCUT2D eigenvalue weighted by Gasteiger charge is -2.24. The Morgan fingerprint density at radius 3 is 2.79 bits per heavy atom. The van der Waals surface area contributed by atoms with Crippen LogP contribution >= 0.6 is 0 Å². The van der Waals surface area contributed by atoms with E-state index in [4.69, 9.17) is 9.84 Å². The lowest BCUT2D eigenvalue weighted by molar-refractivity contribution is -0.137. The SMILES string of the molecule is CCCN(CC(=O)O)C(=O)NCCC1CCCCO1. The highest BCUT2D eigenvalue weighted by molar-refractivity contribution is 5.80. The molecule has 1 unspecified atom stereocenters. The molecule has 1 fully saturated rings. The number of carboxylic acids is 1. The van der Waals surface area contributed by atoms with Crippen molar-refractivity contribution in [1.29, 1.82) is 0 Å². The van der Waals surface area contributed by atoms with Gasteiger partial charge in [-0.1, -0.05) is 6.92 Å². The topological polar surface area (TPSA) is 78.9 Å². The number of hydrogen-bond donors (Lipinski definition) is 2. The largest absolute Gasteiger partial charge is 0.480 e. The van der Waals surface area contributed by atoms with Gasteiger partial charge in [-0.05, 0) is 32.1 Å². The van der Waals surface area contributed by atoms with Crippen molar-refractivity contribution in [3.8, 4) is 0 Å². The Bertz CT molecular complexity index is 290. The lowest BCUT2D eigenvalue weighted by Crippen LogP contribution is -2.44. The predicted octanol–water partition coefficient (Wildman–Crippen LogP) is 1.45. The minimum atomic E-state index is -0.987. The van der Waals surface area contributed by atoms with E-state index < -0.39 is 5.97 Å². The molecule has 0 saturated carbocycles. The van der Waals surface area contributed by atoms with Crippen molar-refractivity contribution in [2.75, 3.05) is 26.2 Å². The Morgan fingerprint density at radius 1 is 1.42 bits per heavy atom. The van der Waals surface area contributed by atoms with Crippen LogP contribution in [0.4, 0.5) is 4.79 Å². The molecule has 0 aliphatic carbocycles. The zero-order chi connectivity index (χ0) is 14.1. The molecule has 1 saturated heterocycles. The van der Waals surface area contributed by atoms with Crippen LogP contribution in [0.3, 0.4) is 0 Å². The third-order valence-electron chi connectivity index (χ3n) is 3.12. The molecule has 0 aromatic carbocycles. The normalized spacial score (nSPS) is 18.9. The average molecular weight is 272 g/mol. The van der Waals surface area contributed by atoms with Crippen molar-refractivity contribution in [3.05, 3.63) is 0 Å². The molecule has 2 amide bonds. The van der Waals surface area contributed by atoms with Crippen LogP contribution in [0.5, 0.6) is 0 Å². The van der Waals surface area contributed by atoms with Gasteiger partial charge >= 0.3 is 12.0 Å². The van der Waals surface area contributed by atoms with Crippen molar-refractivity contribution in [2.24, 2.45) is 0 Å². The van der Waals surface area contributed by atoms with Crippen molar-refractivity contribution < 1.29 is 19.4 Å². The number of hydrogen-bond acceptors (Lipinski definition) is 3. The first-order valence-corrected chi connectivity index (χ1v) is 6.99. The van der Waals surface area contributed by atoms with Crippen LogP contribution in [0.15, 0.2) is 0 Å². The van der Waals surface area contributed by atoms with Gasteiger partial charge in [-0.25, -0.2) is 4.79 Å². The van der Waals surface area contributed by atoms with Crippen LogP contribution in [-0.2, 0) is 9.53 Å². The fourth-order valence-electron chi connectivity index (χ4n) is 2.17. The molecule has 110 valence electrons. The second kappa shape index (κ2) is 8.74. The van der Waals surface area contributed by atoms with Crippen LogP contribution in [0.2, 0.25) is 0 Å². The van der Waals surface area contributed by atoms with E-state index in [1.54, 1.807) is 0 Å².